The summed E-state index contributed by atoms with van der Waals surface area (Å²) in [7, 11) is 0. The molecule has 3 N–H and O–H groups in total. The van der Waals surface area contributed by atoms with E-state index in [1.165, 1.54) is 18.3 Å². The van der Waals surface area contributed by atoms with Gasteiger partial charge in [0.2, 0.25) is 5.91 Å². The van der Waals surface area contributed by atoms with E-state index in [9.17, 15) is 9.59 Å². The predicted molar refractivity (Wildman–Crippen MR) is 71.7 cm³/mol. The van der Waals surface area contributed by atoms with Crippen LogP contribution >= 0.6 is 11.3 Å². The van der Waals surface area contributed by atoms with Crippen LogP contribution in [0.5, 0.6) is 0 Å². The van der Waals surface area contributed by atoms with Crippen LogP contribution in [-0.4, -0.2) is 23.0 Å². The van der Waals surface area contributed by atoms with E-state index >= 15 is 0 Å². The summed E-state index contributed by atoms with van der Waals surface area (Å²) in [6.07, 6.45) is 0. The highest BCUT2D eigenvalue weighted by molar-refractivity contribution is 7.10. The van der Waals surface area contributed by atoms with Gasteiger partial charge in [0, 0.05) is 18.3 Å². The first-order valence-electron chi connectivity index (χ1n) is 5.72. The minimum absolute atomic E-state index is 0.00618. The van der Waals surface area contributed by atoms with Crippen LogP contribution in [0.25, 0.3) is 0 Å². The monoisotopic (exact) mass is 270 g/mol. The van der Waals surface area contributed by atoms with Gasteiger partial charge in [0.25, 0.3) is 0 Å². The minimum atomic E-state index is -0.859. The Morgan fingerprint density at radius 3 is 2.61 bits per heavy atom. The molecular formula is C12H18N2O3S. The van der Waals surface area contributed by atoms with Gasteiger partial charge in [-0.25, -0.2) is 0 Å². The molecule has 1 heterocycles. The van der Waals surface area contributed by atoms with E-state index in [1.807, 2.05) is 25.3 Å². The molecule has 18 heavy (non-hydrogen) atoms. The zero-order chi connectivity index (χ0) is 13.7. The van der Waals surface area contributed by atoms with E-state index in [1.54, 1.807) is 0 Å². The Hall–Kier alpha value is -1.40. The first kappa shape index (κ1) is 14.7. The first-order chi connectivity index (χ1) is 8.41. The van der Waals surface area contributed by atoms with E-state index in [0.717, 1.165) is 10.6 Å². The molecule has 0 radical (unpaired) electrons. The van der Waals surface area contributed by atoms with Crippen molar-refractivity contribution in [1.29, 1.82) is 0 Å². The number of hydrogen-bond acceptors (Lipinski definition) is 4. The highest BCUT2D eigenvalue weighted by Gasteiger charge is 2.21. The molecule has 0 aliphatic heterocycles. The molecule has 1 amide bonds. The molecule has 5 nitrogen and oxygen atoms in total. The Morgan fingerprint density at radius 2 is 2.11 bits per heavy atom. The molecular weight excluding hydrogens is 252 g/mol. The molecule has 0 spiro atoms. The fraction of sp³-hybridized carbons (Fsp3) is 0.500. The van der Waals surface area contributed by atoms with Crippen molar-refractivity contribution >= 4 is 28.9 Å². The van der Waals surface area contributed by atoms with Crippen molar-refractivity contribution in [1.82, 2.24) is 5.32 Å². The van der Waals surface area contributed by atoms with Gasteiger partial charge >= 0.3 is 5.97 Å². The van der Waals surface area contributed by atoms with E-state index in [-0.39, 0.29) is 11.8 Å². The summed E-state index contributed by atoms with van der Waals surface area (Å²) in [4.78, 5) is 23.0. The molecule has 0 aromatic carbocycles. The number of carbonyl (C=O) groups is 2. The Morgan fingerprint density at radius 1 is 1.44 bits per heavy atom. The number of aliphatic carboxylic acids is 1. The summed E-state index contributed by atoms with van der Waals surface area (Å²) in [5.41, 5.74) is 0.743. The zero-order valence-corrected chi connectivity index (χ0v) is 11.5. The van der Waals surface area contributed by atoms with Gasteiger partial charge in [-0.1, -0.05) is 13.8 Å². The maximum Gasteiger partial charge on any atom is 0.320 e. The lowest BCUT2D eigenvalue weighted by Crippen LogP contribution is -2.40. The predicted octanol–water partition coefficient (Wildman–Crippen LogP) is 1.91. The van der Waals surface area contributed by atoms with Crippen molar-refractivity contribution in [3.05, 3.63) is 16.3 Å². The highest BCUT2D eigenvalue weighted by Crippen LogP contribution is 2.22. The van der Waals surface area contributed by atoms with Crippen LogP contribution in [0.4, 0.5) is 5.69 Å². The standard InChI is InChI=1S/C12H18N2O3S/c1-7(2)11(12(16)17)13-6-10-9(4-5-18-10)14-8(3)15/h4-5,7,11,13H,6H2,1-3H3,(H,14,15)(H,16,17). The molecule has 0 saturated heterocycles. The number of hydrogen-bond donors (Lipinski definition) is 3. The summed E-state index contributed by atoms with van der Waals surface area (Å²) in [5, 5.41) is 16.6. The SMILES string of the molecule is CC(=O)Nc1ccsc1CNC(C(=O)O)C(C)C. The van der Waals surface area contributed by atoms with Crippen molar-refractivity contribution in [2.45, 2.75) is 33.4 Å². The van der Waals surface area contributed by atoms with Crippen molar-refractivity contribution in [2.75, 3.05) is 5.32 Å². The molecule has 1 aromatic heterocycles. The van der Waals surface area contributed by atoms with Gasteiger partial charge in [-0.3, -0.25) is 14.9 Å². The molecule has 6 heteroatoms. The average Bonchev–Trinajstić information content (AvgIpc) is 2.64. The third-order valence-corrected chi connectivity index (χ3v) is 3.39. The van der Waals surface area contributed by atoms with Crippen LogP contribution in [-0.2, 0) is 16.1 Å². The Labute approximate surface area is 110 Å². The molecule has 1 unspecified atom stereocenters. The second kappa shape index (κ2) is 6.51. The maximum atomic E-state index is 11.0. The van der Waals surface area contributed by atoms with Crippen LogP contribution in [0.1, 0.15) is 25.6 Å². The fourth-order valence-electron chi connectivity index (χ4n) is 1.59. The number of anilines is 1. The number of rotatable bonds is 6. The van der Waals surface area contributed by atoms with Gasteiger partial charge in [-0.2, -0.15) is 0 Å². The summed E-state index contributed by atoms with van der Waals surface area (Å²) in [6.45, 7) is 5.59. The number of amides is 1. The lowest BCUT2D eigenvalue weighted by atomic mass is 10.0. The number of carboxylic acids is 1. The Balaban J connectivity index is 2.65. The van der Waals surface area contributed by atoms with Gasteiger partial charge in [-0.05, 0) is 17.4 Å². The molecule has 1 aromatic rings. The maximum absolute atomic E-state index is 11.0. The lowest BCUT2D eigenvalue weighted by molar-refractivity contribution is -0.140. The number of nitrogens with one attached hydrogen (secondary N) is 2. The largest absolute Gasteiger partial charge is 0.480 e. The first-order valence-corrected chi connectivity index (χ1v) is 6.60. The molecule has 0 saturated carbocycles. The fourth-order valence-corrected chi connectivity index (χ4v) is 2.37. The van der Waals surface area contributed by atoms with E-state index in [0.29, 0.717) is 6.54 Å². The van der Waals surface area contributed by atoms with Gasteiger partial charge < -0.3 is 10.4 Å². The minimum Gasteiger partial charge on any atom is -0.480 e. The second-order valence-corrected chi connectivity index (χ2v) is 5.38. The van der Waals surface area contributed by atoms with Gasteiger partial charge in [-0.15, -0.1) is 11.3 Å². The number of thiophene rings is 1. The van der Waals surface area contributed by atoms with E-state index < -0.39 is 12.0 Å². The quantitative estimate of drug-likeness (QED) is 0.737. The van der Waals surface area contributed by atoms with Crippen molar-refractivity contribution in [3.8, 4) is 0 Å². The summed E-state index contributed by atoms with van der Waals surface area (Å²) >= 11 is 1.49. The number of carboxylic acid groups (broad SMARTS) is 1. The summed E-state index contributed by atoms with van der Waals surface area (Å²) < 4.78 is 0. The molecule has 0 aliphatic carbocycles. The topological polar surface area (TPSA) is 78.4 Å². The third kappa shape index (κ3) is 4.12. The summed E-state index contributed by atoms with van der Waals surface area (Å²) in [6, 6.07) is 1.23. The lowest BCUT2D eigenvalue weighted by Gasteiger charge is -2.17. The van der Waals surface area contributed by atoms with Crippen LogP contribution < -0.4 is 10.6 Å². The van der Waals surface area contributed by atoms with Gasteiger partial charge in [0.05, 0.1) is 5.69 Å². The summed E-state index contributed by atoms with van der Waals surface area (Å²) in [5.74, 6) is -0.984. The molecule has 1 rings (SSSR count). The van der Waals surface area contributed by atoms with Crippen LogP contribution in [0.3, 0.4) is 0 Å². The van der Waals surface area contributed by atoms with Crippen molar-refractivity contribution < 1.29 is 14.7 Å². The van der Waals surface area contributed by atoms with Gasteiger partial charge in [0.1, 0.15) is 6.04 Å². The normalized spacial score (nSPS) is 12.4. The molecule has 1 atom stereocenters. The highest BCUT2D eigenvalue weighted by atomic mass is 32.1. The van der Waals surface area contributed by atoms with Crippen molar-refractivity contribution in [3.63, 3.8) is 0 Å². The smallest absolute Gasteiger partial charge is 0.320 e. The molecule has 0 fully saturated rings. The van der Waals surface area contributed by atoms with E-state index in [4.69, 9.17) is 5.11 Å². The van der Waals surface area contributed by atoms with Gasteiger partial charge in [0.15, 0.2) is 0 Å². The molecule has 0 aliphatic rings. The average molecular weight is 270 g/mol. The second-order valence-electron chi connectivity index (χ2n) is 4.38. The van der Waals surface area contributed by atoms with Crippen LogP contribution in [0.15, 0.2) is 11.4 Å². The third-order valence-electron chi connectivity index (χ3n) is 2.47. The molecule has 100 valence electrons. The van der Waals surface area contributed by atoms with Crippen LogP contribution in [0, 0.1) is 5.92 Å². The molecule has 0 bridgehead atoms. The van der Waals surface area contributed by atoms with E-state index in [2.05, 4.69) is 10.6 Å². The Bertz CT molecular complexity index is 429. The zero-order valence-electron chi connectivity index (χ0n) is 10.7. The van der Waals surface area contributed by atoms with Crippen molar-refractivity contribution in [2.24, 2.45) is 5.92 Å². The number of carbonyl (C=O) groups excluding carboxylic acids is 1. The van der Waals surface area contributed by atoms with Crippen LogP contribution in [0.2, 0.25) is 0 Å². The Kier molecular flexibility index (Phi) is 5.30.